The van der Waals surface area contributed by atoms with Crippen LogP contribution in [-0.2, 0) is 4.79 Å². The largest absolute Gasteiger partial charge is 0.294 e. The third-order valence-corrected chi connectivity index (χ3v) is 6.51. The predicted octanol–water partition coefficient (Wildman–Crippen LogP) is 5.79. The normalized spacial score (nSPS) is 15.6. The molecule has 28 heavy (non-hydrogen) atoms. The highest BCUT2D eigenvalue weighted by Crippen LogP contribution is 2.31. The number of hydrogen-bond donors (Lipinski definition) is 0. The number of imidazole rings is 1. The number of fused-ring (bicyclic) bond motifs is 1. The zero-order valence-corrected chi connectivity index (χ0v) is 18.5. The standard InChI is InChI=1S/C20H25N3O2S2.ClH/c1-2-3-4-5-9-16-19(24)23(20(25)27-16)13-6-7-15-26-18-11-8-10-17-21-12-14-22(17)18;/h8-12,14H,2-7,13,15H2,1H3;1H/b16-9+;. The highest BCUT2D eigenvalue weighted by molar-refractivity contribution is 8.18. The number of hydrogen-bond acceptors (Lipinski definition) is 5. The predicted molar refractivity (Wildman–Crippen MR) is 119 cm³/mol. The van der Waals surface area contributed by atoms with E-state index in [4.69, 9.17) is 0 Å². The van der Waals surface area contributed by atoms with E-state index < -0.39 is 0 Å². The minimum atomic E-state index is -0.127. The Bertz CT molecular complexity index is 838. The molecule has 8 heteroatoms. The fourth-order valence-electron chi connectivity index (χ4n) is 2.95. The molecule has 3 rings (SSSR count). The molecule has 5 nitrogen and oxygen atoms in total. The molecule has 2 aromatic rings. The summed E-state index contributed by atoms with van der Waals surface area (Å²) in [5.41, 5.74) is 0.948. The fraction of sp³-hybridized carbons (Fsp3) is 0.450. The molecule has 0 atom stereocenters. The lowest BCUT2D eigenvalue weighted by molar-refractivity contribution is -0.122. The zero-order chi connectivity index (χ0) is 19.1. The molecule has 2 aromatic heterocycles. The topological polar surface area (TPSA) is 54.7 Å². The van der Waals surface area contributed by atoms with Crippen molar-refractivity contribution in [3.05, 3.63) is 41.6 Å². The molecule has 1 aliphatic heterocycles. The number of allylic oxidation sites excluding steroid dienone is 1. The third kappa shape index (κ3) is 5.78. The summed E-state index contributed by atoms with van der Waals surface area (Å²) in [5, 5.41) is 1.03. The van der Waals surface area contributed by atoms with Crippen molar-refractivity contribution in [1.29, 1.82) is 0 Å². The third-order valence-electron chi connectivity index (χ3n) is 4.43. The van der Waals surface area contributed by atoms with Crippen molar-refractivity contribution in [3.63, 3.8) is 0 Å². The summed E-state index contributed by atoms with van der Waals surface area (Å²) < 4.78 is 2.07. The van der Waals surface area contributed by atoms with E-state index in [0.29, 0.717) is 11.4 Å². The van der Waals surface area contributed by atoms with Gasteiger partial charge in [-0.25, -0.2) is 4.98 Å². The summed E-state index contributed by atoms with van der Waals surface area (Å²) >= 11 is 2.86. The maximum absolute atomic E-state index is 12.4. The van der Waals surface area contributed by atoms with Crippen LogP contribution in [0.15, 0.2) is 46.6 Å². The Labute approximate surface area is 180 Å². The molecular weight excluding hydrogens is 414 g/mol. The molecule has 0 radical (unpaired) electrons. The molecule has 2 amide bonds. The molecule has 1 saturated heterocycles. The van der Waals surface area contributed by atoms with Crippen molar-refractivity contribution in [2.45, 2.75) is 50.5 Å². The fourth-order valence-corrected chi connectivity index (χ4v) is 4.84. The lowest BCUT2D eigenvalue weighted by Crippen LogP contribution is -2.29. The number of nitrogens with zero attached hydrogens (tertiary/aromatic N) is 3. The van der Waals surface area contributed by atoms with Crippen LogP contribution in [0, 0.1) is 0 Å². The summed E-state index contributed by atoms with van der Waals surface area (Å²) in [7, 11) is 0. The van der Waals surface area contributed by atoms with Gasteiger partial charge in [0.25, 0.3) is 11.1 Å². The van der Waals surface area contributed by atoms with Crippen LogP contribution in [0.5, 0.6) is 0 Å². The van der Waals surface area contributed by atoms with Gasteiger partial charge in [-0.3, -0.25) is 18.9 Å². The van der Waals surface area contributed by atoms with Gasteiger partial charge in [0.2, 0.25) is 0 Å². The maximum Gasteiger partial charge on any atom is 0.293 e. The number of carbonyl (C=O) groups is 2. The van der Waals surface area contributed by atoms with Gasteiger partial charge >= 0.3 is 0 Å². The van der Waals surface area contributed by atoms with E-state index >= 15 is 0 Å². The van der Waals surface area contributed by atoms with Gasteiger partial charge in [0.05, 0.1) is 9.93 Å². The molecule has 0 aromatic carbocycles. The number of pyridine rings is 1. The van der Waals surface area contributed by atoms with Crippen LogP contribution in [0.3, 0.4) is 0 Å². The number of amides is 2. The summed E-state index contributed by atoms with van der Waals surface area (Å²) in [5.74, 6) is 0.831. The van der Waals surface area contributed by atoms with Crippen molar-refractivity contribution in [3.8, 4) is 0 Å². The summed E-state index contributed by atoms with van der Waals surface area (Å²) in [6, 6.07) is 6.08. The molecule has 0 spiro atoms. The van der Waals surface area contributed by atoms with Gasteiger partial charge in [-0.15, -0.1) is 24.2 Å². The molecule has 152 valence electrons. The van der Waals surface area contributed by atoms with Gasteiger partial charge in [-0.05, 0) is 55.3 Å². The molecule has 0 unspecified atom stereocenters. The SMILES string of the molecule is CCCCC/C=C1/SC(=O)N(CCCCSc2cccc3nccn23)C1=O.Cl. The molecule has 0 bridgehead atoms. The van der Waals surface area contributed by atoms with Crippen LogP contribution in [0.2, 0.25) is 0 Å². The first-order valence-electron chi connectivity index (χ1n) is 9.49. The molecule has 0 aliphatic carbocycles. The molecule has 3 heterocycles. The Hall–Kier alpha value is -1.44. The summed E-state index contributed by atoms with van der Waals surface area (Å²) in [4.78, 5) is 30.8. The Morgan fingerprint density at radius 3 is 2.86 bits per heavy atom. The first kappa shape index (κ1) is 22.8. The second-order valence-corrected chi connectivity index (χ2v) is 8.57. The maximum atomic E-state index is 12.4. The van der Waals surface area contributed by atoms with Crippen LogP contribution in [0.1, 0.15) is 45.4 Å². The van der Waals surface area contributed by atoms with E-state index in [1.54, 1.807) is 18.0 Å². The van der Waals surface area contributed by atoms with E-state index in [1.807, 2.05) is 24.4 Å². The molecule has 0 N–H and O–H groups in total. The molecule has 1 aliphatic rings. The Morgan fingerprint density at radius 2 is 2.04 bits per heavy atom. The first-order chi connectivity index (χ1) is 13.2. The number of imide groups is 1. The lowest BCUT2D eigenvalue weighted by Gasteiger charge is -2.12. The quantitative estimate of drug-likeness (QED) is 0.266. The highest BCUT2D eigenvalue weighted by Gasteiger charge is 2.34. The van der Waals surface area contributed by atoms with E-state index in [1.165, 1.54) is 4.90 Å². The first-order valence-corrected chi connectivity index (χ1v) is 11.3. The average Bonchev–Trinajstić information content (AvgIpc) is 3.25. The van der Waals surface area contributed by atoms with Crippen LogP contribution >= 0.6 is 35.9 Å². The van der Waals surface area contributed by atoms with Crippen LogP contribution < -0.4 is 0 Å². The van der Waals surface area contributed by atoms with Crippen molar-refractivity contribution >= 4 is 52.7 Å². The lowest BCUT2D eigenvalue weighted by atomic mass is 10.2. The van der Waals surface area contributed by atoms with Gasteiger partial charge in [-0.2, -0.15) is 0 Å². The number of rotatable bonds is 10. The van der Waals surface area contributed by atoms with Crippen molar-refractivity contribution < 1.29 is 9.59 Å². The van der Waals surface area contributed by atoms with Gasteiger partial charge in [0.1, 0.15) is 5.65 Å². The van der Waals surface area contributed by atoms with Gasteiger partial charge in [-0.1, -0.05) is 31.9 Å². The monoisotopic (exact) mass is 439 g/mol. The number of halogens is 1. The summed E-state index contributed by atoms with van der Waals surface area (Å²) in [6.45, 7) is 2.66. The average molecular weight is 440 g/mol. The molecule has 1 fully saturated rings. The van der Waals surface area contributed by atoms with E-state index in [0.717, 1.165) is 66.7 Å². The highest BCUT2D eigenvalue weighted by atomic mass is 35.5. The Balaban J connectivity index is 0.00000280. The number of carbonyl (C=O) groups excluding carboxylic acids is 2. The van der Waals surface area contributed by atoms with Crippen LogP contribution in [0.25, 0.3) is 5.65 Å². The summed E-state index contributed by atoms with van der Waals surface area (Å²) in [6.07, 6.45) is 11.7. The zero-order valence-electron chi connectivity index (χ0n) is 16.0. The van der Waals surface area contributed by atoms with Gasteiger partial charge in [0.15, 0.2) is 0 Å². The Kier molecular flexibility index (Phi) is 9.41. The van der Waals surface area contributed by atoms with Crippen molar-refractivity contribution in [2.75, 3.05) is 12.3 Å². The second-order valence-electron chi connectivity index (χ2n) is 6.46. The smallest absolute Gasteiger partial charge is 0.293 e. The minimum Gasteiger partial charge on any atom is -0.294 e. The van der Waals surface area contributed by atoms with Crippen LogP contribution in [-0.4, -0.2) is 37.7 Å². The number of thioether (sulfide) groups is 2. The number of unbranched alkanes of at least 4 members (excludes halogenated alkanes) is 4. The number of aromatic nitrogens is 2. The van der Waals surface area contributed by atoms with Crippen LogP contribution in [0.4, 0.5) is 4.79 Å². The van der Waals surface area contributed by atoms with Gasteiger partial charge < -0.3 is 0 Å². The second kappa shape index (κ2) is 11.5. The van der Waals surface area contributed by atoms with E-state index in [-0.39, 0.29) is 23.6 Å². The molecule has 0 saturated carbocycles. The van der Waals surface area contributed by atoms with Crippen molar-refractivity contribution in [2.24, 2.45) is 0 Å². The van der Waals surface area contributed by atoms with Crippen molar-refractivity contribution in [1.82, 2.24) is 14.3 Å². The van der Waals surface area contributed by atoms with E-state index in [9.17, 15) is 9.59 Å². The van der Waals surface area contributed by atoms with E-state index in [2.05, 4.69) is 22.4 Å². The minimum absolute atomic E-state index is 0. The molecular formula is C20H26ClN3O2S2. The van der Waals surface area contributed by atoms with Gasteiger partial charge in [0, 0.05) is 18.9 Å². The Morgan fingerprint density at radius 1 is 1.18 bits per heavy atom.